The van der Waals surface area contributed by atoms with E-state index in [0.717, 1.165) is 0 Å². The first-order valence-corrected chi connectivity index (χ1v) is 2.55. The van der Waals surface area contributed by atoms with E-state index in [2.05, 4.69) is 0 Å². The van der Waals surface area contributed by atoms with Crippen LogP contribution in [0.4, 0.5) is 0 Å². The molecule has 0 saturated heterocycles. The molecule has 0 heterocycles. The summed E-state index contributed by atoms with van der Waals surface area (Å²) in [6.07, 6.45) is 0. The molecule has 11 heteroatoms. The Morgan fingerprint density at radius 2 is 1.09 bits per heavy atom. The van der Waals surface area contributed by atoms with Crippen LogP contribution >= 0.6 is 0 Å². The Bertz CT molecular complexity index is 161. The molecule has 8 nitrogen and oxygen atoms in total. The van der Waals surface area contributed by atoms with Gasteiger partial charge in [-0.15, -0.1) is 0 Å². The van der Waals surface area contributed by atoms with E-state index >= 15 is 0 Å². The number of rotatable bonds is 0. The van der Waals surface area contributed by atoms with Crippen LogP contribution in [-0.4, -0.2) is 45.7 Å². The molecular weight excluding hydrogens is 205 g/mol. The molecule has 0 aliphatic carbocycles. The van der Waals surface area contributed by atoms with E-state index in [1.54, 1.807) is 0 Å². The molecule has 0 N–H and O–H groups in total. The van der Waals surface area contributed by atoms with Crippen LogP contribution in [0.25, 0.3) is 0 Å². The molecule has 0 saturated carbocycles. The molecular formula is MgNNaO7S. The molecule has 0 amide bonds. The third-order valence-corrected chi connectivity index (χ3v) is 0. The predicted molar refractivity (Wildman–Crippen MR) is 26.6 cm³/mol. The summed E-state index contributed by atoms with van der Waals surface area (Å²) in [5, 5.41) is 14.8. The molecule has 0 aromatic rings. The van der Waals surface area contributed by atoms with Crippen molar-refractivity contribution in [3.63, 3.8) is 0 Å². The van der Waals surface area contributed by atoms with Crippen LogP contribution in [0, 0.1) is 15.3 Å². The molecule has 56 valence electrons. The molecule has 0 atom stereocenters. The monoisotopic (exact) mass is 205 g/mol. The SMILES string of the molecule is O=S(=O)([O-])[O-].O=[N+]([O-])[O-].[Mg+2].[Na+]. The third kappa shape index (κ3) is 1210. The maximum absolute atomic E-state index is 8.52. The Morgan fingerprint density at radius 3 is 1.09 bits per heavy atom. The van der Waals surface area contributed by atoms with E-state index in [9.17, 15) is 0 Å². The van der Waals surface area contributed by atoms with Gasteiger partial charge in [-0.25, -0.2) is 0 Å². The quantitative estimate of drug-likeness (QED) is 0.126. The summed E-state index contributed by atoms with van der Waals surface area (Å²) in [5.41, 5.74) is 0. The summed E-state index contributed by atoms with van der Waals surface area (Å²) in [6.45, 7) is 0. The molecule has 0 aromatic carbocycles. The van der Waals surface area contributed by atoms with Gasteiger partial charge in [-0.3, -0.25) is 8.42 Å². The van der Waals surface area contributed by atoms with Crippen LogP contribution in [0.3, 0.4) is 0 Å². The van der Waals surface area contributed by atoms with Crippen molar-refractivity contribution in [3.8, 4) is 0 Å². The molecule has 11 heavy (non-hydrogen) atoms. The summed E-state index contributed by atoms with van der Waals surface area (Å²) in [7, 11) is -5.17. The summed E-state index contributed by atoms with van der Waals surface area (Å²) >= 11 is 0. The molecule has 0 aromatic heterocycles. The summed E-state index contributed by atoms with van der Waals surface area (Å²) < 4.78 is 34.1. The summed E-state index contributed by atoms with van der Waals surface area (Å²) in [5.74, 6) is 0. The van der Waals surface area contributed by atoms with Crippen LogP contribution in [-0.2, 0) is 10.4 Å². The van der Waals surface area contributed by atoms with Gasteiger partial charge in [0.15, 0.2) is 0 Å². The topological polar surface area (TPSA) is 146 Å². The van der Waals surface area contributed by atoms with Crippen LogP contribution in [0.1, 0.15) is 0 Å². The molecule has 0 aliphatic rings. The van der Waals surface area contributed by atoms with E-state index < -0.39 is 15.5 Å². The number of hydrogen-bond acceptors (Lipinski definition) is 7. The average Bonchev–Trinajstić information content (AvgIpc) is 1.19. The second kappa shape index (κ2) is 10.8. The summed E-state index contributed by atoms with van der Waals surface area (Å²) in [6, 6.07) is 0. The van der Waals surface area contributed by atoms with Crippen LogP contribution in [0.5, 0.6) is 0 Å². The van der Waals surface area contributed by atoms with Crippen molar-refractivity contribution in [3.05, 3.63) is 15.3 Å². The Labute approximate surface area is 100 Å². The Hall–Kier alpha value is 0.836. The van der Waals surface area contributed by atoms with Crippen molar-refractivity contribution < 1.29 is 52.2 Å². The largest absolute Gasteiger partial charge is 2.00 e. The first-order valence-electron chi connectivity index (χ1n) is 1.21. The van der Waals surface area contributed by atoms with Gasteiger partial charge in [0.05, 0.1) is 5.09 Å². The Kier molecular flexibility index (Phi) is 22.3. The standard InChI is InChI=1S/Mg.NO3.Na.H2O4S/c;2-1(3)4;;1-5(2,3)4/h;;;(H2,1,2,3,4)/q+2;-1;+1;/p-2. The fraction of sp³-hybridized carbons (Fsp3) is 0. The number of nitrogens with zero attached hydrogens (tertiary/aromatic N) is 1. The van der Waals surface area contributed by atoms with Gasteiger partial charge in [0.1, 0.15) is 0 Å². The Balaban J connectivity index is -0.0000000383. The van der Waals surface area contributed by atoms with Crippen molar-refractivity contribution in [2.45, 2.75) is 0 Å². The van der Waals surface area contributed by atoms with Crippen molar-refractivity contribution in [1.29, 1.82) is 0 Å². The smallest absolute Gasteiger partial charge is 0.759 e. The number of hydrogen-bond donors (Lipinski definition) is 0. The van der Waals surface area contributed by atoms with Crippen molar-refractivity contribution in [2.75, 3.05) is 0 Å². The third-order valence-electron chi connectivity index (χ3n) is 0. The van der Waals surface area contributed by atoms with Gasteiger partial charge in [0.25, 0.3) is 0 Å². The van der Waals surface area contributed by atoms with Gasteiger partial charge in [-0.05, 0) is 0 Å². The second-order valence-corrected chi connectivity index (χ2v) is 1.45. The van der Waals surface area contributed by atoms with Crippen LogP contribution in [0.15, 0.2) is 0 Å². The summed E-state index contributed by atoms with van der Waals surface area (Å²) in [4.78, 5) is 8.25. The van der Waals surface area contributed by atoms with E-state index in [4.69, 9.17) is 32.8 Å². The van der Waals surface area contributed by atoms with Gasteiger partial charge in [-0.1, -0.05) is 0 Å². The molecule has 0 aliphatic heterocycles. The molecule has 0 radical (unpaired) electrons. The van der Waals surface area contributed by atoms with Crippen molar-refractivity contribution in [2.24, 2.45) is 0 Å². The van der Waals surface area contributed by atoms with Crippen molar-refractivity contribution in [1.82, 2.24) is 0 Å². The molecule has 0 fully saturated rings. The predicted octanol–water partition coefficient (Wildman–Crippen LogP) is -4.95. The van der Waals surface area contributed by atoms with Gasteiger partial charge in [0.2, 0.25) is 0 Å². The Morgan fingerprint density at radius 1 is 1.09 bits per heavy atom. The van der Waals surface area contributed by atoms with E-state index in [1.165, 1.54) is 0 Å². The minimum absolute atomic E-state index is 0. The minimum Gasteiger partial charge on any atom is -0.759 e. The van der Waals surface area contributed by atoms with E-state index in [0.29, 0.717) is 0 Å². The maximum Gasteiger partial charge on any atom is 2.00 e. The zero-order valence-electron chi connectivity index (χ0n) is 5.42. The molecule has 0 bridgehead atoms. The zero-order valence-corrected chi connectivity index (χ0v) is 9.65. The molecule has 0 rings (SSSR count). The molecule has 0 spiro atoms. The van der Waals surface area contributed by atoms with Gasteiger partial charge in [0, 0.05) is 10.4 Å². The van der Waals surface area contributed by atoms with Gasteiger partial charge >= 0.3 is 52.6 Å². The zero-order chi connectivity index (χ0) is 8.08. The van der Waals surface area contributed by atoms with Gasteiger partial charge in [-0.2, -0.15) is 0 Å². The van der Waals surface area contributed by atoms with Crippen LogP contribution in [0.2, 0.25) is 0 Å². The average molecular weight is 205 g/mol. The maximum atomic E-state index is 8.52. The van der Waals surface area contributed by atoms with E-state index in [1.807, 2.05) is 0 Å². The fourth-order valence-corrected chi connectivity index (χ4v) is 0. The normalized spacial score (nSPS) is 7.45. The van der Waals surface area contributed by atoms with Crippen LogP contribution < -0.4 is 29.6 Å². The second-order valence-electron chi connectivity index (χ2n) is 0.632. The van der Waals surface area contributed by atoms with E-state index in [-0.39, 0.29) is 52.6 Å². The fourth-order valence-electron chi connectivity index (χ4n) is 0. The first-order chi connectivity index (χ1) is 3.73. The first kappa shape index (κ1) is 22.6. The van der Waals surface area contributed by atoms with Gasteiger partial charge < -0.3 is 24.4 Å². The minimum atomic E-state index is -5.17. The van der Waals surface area contributed by atoms with Crippen molar-refractivity contribution >= 4 is 33.5 Å². The molecule has 0 unspecified atom stereocenters.